The minimum atomic E-state index is -0.419. The Balaban J connectivity index is 1.20. The topological polar surface area (TPSA) is 90.6 Å². The lowest BCUT2D eigenvalue weighted by Crippen LogP contribution is -2.35. The van der Waals surface area contributed by atoms with Crippen LogP contribution in [0.3, 0.4) is 0 Å². The second-order valence-electron chi connectivity index (χ2n) is 8.48. The van der Waals surface area contributed by atoms with E-state index >= 15 is 0 Å². The molecule has 0 aromatic heterocycles. The van der Waals surface area contributed by atoms with Crippen LogP contribution in [0.5, 0.6) is 11.5 Å². The zero-order valence-corrected chi connectivity index (χ0v) is 20.4. The molecule has 5 rings (SSSR count). The van der Waals surface area contributed by atoms with Crippen molar-refractivity contribution in [2.24, 2.45) is 10.1 Å². The molecule has 9 heteroatoms. The fraction of sp³-hybridized carbons (Fsp3) is 0.308. The van der Waals surface area contributed by atoms with Gasteiger partial charge in [0.05, 0.1) is 5.57 Å². The van der Waals surface area contributed by atoms with Crippen LogP contribution in [-0.2, 0) is 4.79 Å². The Kier molecular flexibility index (Phi) is 6.85. The van der Waals surface area contributed by atoms with Gasteiger partial charge < -0.3 is 14.4 Å². The molecule has 0 unspecified atom stereocenters. The molecule has 2 aromatic carbocycles. The summed E-state index contributed by atoms with van der Waals surface area (Å²) in [6.07, 6.45) is 5.17. The van der Waals surface area contributed by atoms with Crippen molar-refractivity contribution < 1.29 is 14.3 Å². The highest BCUT2D eigenvalue weighted by Gasteiger charge is 2.37. The smallest absolute Gasteiger partial charge is 0.283 e. The number of rotatable bonds is 6. The molecule has 0 bridgehead atoms. The van der Waals surface area contributed by atoms with Crippen molar-refractivity contribution >= 4 is 39.9 Å². The van der Waals surface area contributed by atoms with E-state index in [0.29, 0.717) is 24.1 Å². The number of aliphatic imine (C=N–C) groups is 1. The van der Waals surface area contributed by atoms with E-state index in [2.05, 4.69) is 15.0 Å². The zero-order chi connectivity index (χ0) is 24.2. The van der Waals surface area contributed by atoms with Gasteiger partial charge in [-0.05, 0) is 73.4 Å². The van der Waals surface area contributed by atoms with Gasteiger partial charge in [0.25, 0.3) is 5.91 Å². The Bertz CT molecular complexity index is 1220. The molecule has 35 heavy (non-hydrogen) atoms. The average Bonchev–Trinajstić information content (AvgIpc) is 3.31. The van der Waals surface area contributed by atoms with E-state index in [0.717, 1.165) is 48.0 Å². The van der Waals surface area contributed by atoms with Crippen LogP contribution in [0.15, 0.2) is 64.2 Å². The van der Waals surface area contributed by atoms with Gasteiger partial charge in [-0.15, -0.1) is 5.10 Å². The third kappa shape index (κ3) is 5.24. The molecule has 3 heterocycles. The fourth-order valence-corrected chi connectivity index (χ4v) is 5.00. The molecule has 180 valence electrons. The molecule has 1 saturated heterocycles. The van der Waals surface area contributed by atoms with Gasteiger partial charge in [-0.25, -0.2) is 0 Å². The first kappa shape index (κ1) is 23.2. The van der Waals surface area contributed by atoms with Crippen molar-refractivity contribution in [2.45, 2.75) is 26.2 Å². The molecule has 2 aromatic rings. The molecular formula is C26H27N5O3S. The Labute approximate surface area is 208 Å². The number of carbonyl (C=O) groups is 1. The number of amides is 1. The van der Waals surface area contributed by atoms with E-state index in [1.807, 2.05) is 55.5 Å². The molecule has 1 N–H and O–H groups in total. The monoisotopic (exact) mass is 489 g/mol. The number of hydrogen-bond acceptors (Lipinski definition) is 7. The first-order valence-electron chi connectivity index (χ1n) is 11.7. The van der Waals surface area contributed by atoms with Crippen LogP contribution in [0.4, 0.5) is 0 Å². The number of thioether (sulfide) groups is 1. The van der Waals surface area contributed by atoms with E-state index in [1.54, 1.807) is 6.08 Å². The second-order valence-corrected chi connectivity index (χ2v) is 9.42. The molecule has 8 nitrogen and oxygen atoms in total. The highest BCUT2D eigenvalue weighted by molar-refractivity contribution is 8.26. The van der Waals surface area contributed by atoms with Gasteiger partial charge >= 0.3 is 0 Å². The van der Waals surface area contributed by atoms with E-state index in [4.69, 9.17) is 14.9 Å². The lowest BCUT2D eigenvalue weighted by atomic mass is 10.1. The number of nitrogens with one attached hydrogen (secondary N) is 1. The van der Waals surface area contributed by atoms with Gasteiger partial charge in [0.15, 0.2) is 11.0 Å². The van der Waals surface area contributed by atoms with Crippen LogP contribution in [0.1, 0.15) is 30.4 Å². The van der Waals surface area contributed by atoms with E-state index < -0.39 is 5.91 Å². The van der Waals surface area contributed by atoms with E-state index in [1.165, 1.54) is 23.2 Å². The van der Waals surface area contributed by atoms with Crippen molar-refractivity contribution in [3.8, 4) is 11.5 Å². The van der Waals surface area contributed by atoms with Crippen molar-refractivity contribution in [3.63, 3.8) is 0 Å². The normalized spacial score (nSPS) is 18.9. The van der Waals surface area contributed by atoms with Gasteiger partial charge in [0.1, 0.15) is 24.7 Å². The summed E-state index contributed by atoms with van der Waals surface area (Å²) in [4.78, 5) is 19.1. The molecule has 0 spiro atoms. The number of benzene rings is 2. The SMILES string of the molecule is Cc1ccccc1OCCOc1ccc(/C=C2\C(=N)N3N=C(N4CCCCC4)SC3=NC2=O)cc1. The number of fused-ring (bicyclic) bond motifs is 1. The summed E-state index contributed by atoms with van der Waals surface area (Å²) in [6.45, 7) is 4.76. The number of hydrazone groups is 1. The van der Waals surface area contributed by atoms with Crippen molar-refractivity contribution in [1.82, 2.24) is 9.91 Å². The third-order valence-electron chi connectivity index (χ3n) is 5.96. The first-order valence-corrected chi connectivity index (χ1v) is 12.6. The minimum Gasteiger partial charge on any atom is -0.490 e. The summed E-state index contributed by atoms with van der Waals surface area (Å²) in [5, 5.41) is 15.9. The van der Waals surface area contributed by atoms with E-state index in [9.17, 15) is 4.79 Å². The number of aryl methyl sites for hydroxylation is 1. The molecular weight excluding hydrogens is 462 g/mol. The Hall–Kier alpha value is -3.59. The summed E-state index contributed by atoms with van der Waals surface area (Å²) < 4.78 is 11.5. The lowest BCUT2D eigenvalue weighted by Gasteiger charge is -2.26. The van der Waals surface area contributed by atoms with Crippen molar-refractivity contribution in [2.75, 3.05) is 26.3 Å². The van der Waals surface area contributed by atoms with Crippen LogP contribution in [0, 0.1) is 12.3 Å². The van der Waals surface area contributed by atoms with Gasteiger partial charge in [0, 0.05) is 13.1 Å². The largest absolute Gasteiger partial charge is 0.490 e. The molecule has 0 radical (unpaired) electrons. The average molecular weight is 490 g/mol. The second kappa shape index (κ2) is 10.4. The Morgan fingerprint density at radius 1 is 1.00 bits per heavy atom. The summed E-state index contributed by atoms with van der Waals surface area (Å²) in [6, 6.07) is 15.3. The maximum atomic E-state index is 12.7. The number of hydrogen-bond donors (Lipinski definition) is 1. The number of likely N-dealkylation sites (tertiary alicyclic amines) is 1. The summed E-state index contributed by atoms with van der Waals surface area (Å²) in [7, 11) is 0. The number of para-hydroxylation sites is 1. The predicted molar refractivity (Wildman–Crippen MR) is 139 cm³/mol. The van der Waals surface area contributed by atoms with Crippen molar-refractivity contribution in [1.29, 1.82) is 5.41 Å². The van der Waals surface area contributed by atoms with Crippen LogP contribution < -0.4 is 9.47 Å². The van der Waals surface area contributed by atoms with Gasteiger partial charge in [-0.1, -0.05) is 30.3 Å². The van der Waals surface area contributed by atoms with Gasteiger partial charge in [-0.2, -0.15) is 10.0 Å². The van der Waals surface area contributed by atoms with Gasteiger partial charge in [-0.3, -0.25) is 10.2 Å². The molecule has 0 atom stereocenters. The van der Waals surface area contributed by atoms with Gasteiger partial charge in [0.2, 0.25) is 5.17 Å². The summed E-state index contributed by atoms with van der Waals surface area (Å²) in [5.41, 5.74) is 2.09. The summed E-state index contributed by atoms with van der Waals surface area (Å²) in [5.74, 6) is 1.19. The molecule has 0 aliphatic carbocycles. The van der Waals surface area contributed by atoms with Crippen LogP contribution >= 0.6 is 11.8 Å². The maximum Gasteiger partial charge on any atom is 0.283 e. The lowest BCUT2D eigenvalue weighted by molar-refractivity contribution is -0.114. The molecule has 3 aliphatic rings. The van der Waals surface area contributed by atoms with Crippen LogP contribution in [0.2, 0.25) is 0 Å². The number of piperidine rings is 1. The maximum absolute atomic E-state index is 12.7. The standard InChI is InChI=1S/C26H27N5O3S/c1-18-7-3-4-8-22(18)34-16-15-33-20-11-9-19(10-12-20)17-21-23(27)31-25(28-24(21)32)35-26(29-31)30-13-5-2-6-14-30/h3-4,7-12,17,27H,2,5-6,13-16H2,1H3/b21-17+,27-23?. The van der Waals surface area contributed by atoms with Crippen LogP contribution in [-0.4, -0.2) is 58.3 Å². The molecule has 1 amide bonds. The van der Waals surface area contributed by atoms with Crippen LogP contribution in [0.25, 0.3) is 6.08 Å². The zero-order valence-electron chi connectivity index (χ0n) is 19.6. The predicted octanol–water partition coefficient (Wildman–Crippen LogP) is 4.52. The number of ether oxygens (including phenoxy) is 2. The first-order chi connectivity index (χ1) is 17.1. The quantitative estimate of drug-likeness (QED) is 0.474. The number of amidine groups is 3. The van der Waals surface area contributed by atoms with Crippen molar-refractivity contribution in [3.05, 3.63) is 65.2 Å². The Morgan fingerprint density at radius 3 is 2.51 bits per heavy atom. The van der Waals surface area contributed by atoms with E-state index in [-0.39, 0.29) is 11.4 Å². The third-order valence-corrected chi connectivity index (χ3v) is 6.93. The number of nitrogens with zero attached hydrogens (tertiary/aromatic N) is 4. The molecule has 1 fully saturated rings. The molecule has 3 aliphatic heterocycles. The summed E-state index contributed by atoms with van der Waals surface area (Å²) >= 11 is 1.36. The fourth-order valence-electron chi connectivity index (χ4n) is 4.05. The highest BCUT2D eigenvalue weighted by Crippen LogP contribution is 2.30. The number of carbonyl (C=O) groups excluding carboxylic acids is 1. The Morgan fingerprint density at radius 2 is 1.74 bits per heavy atom. The highest BCUT2D eigenvalue weighted by atomic mass is 32.2. The molecule has 0 saturated carbocycles. The minimum absolute atomic E-state index is 0.0493.